The van der Waals surface area contributed by atoms with Crippen LogP contribution in [0.5, 0.6) is 5.75 Å². The lowest BCUT2D eigenvalue weighted by molar-refractivity contribution is -0.00475. The molecule has 1 aliphatic carbocycles. The van der Waals surface area contributed by atoms with Crippen molar-refractivity contribution in [3.8, 4) is 5.75 Å². The van der Waals surface area contributed by atoms with Crippen LogP contribution in [-0.2, 0) is 9.09 Å². The van der Waals surface area contributed by atoms with Crippen molar-refractivity contribution in [2.24, 2.45) is 11.8 Å². The van der Waals surface area contributed by atoms with Crippen LogP contribution in [0.15, 0.2) is 35.4 Å². The molecule has 1 unspecified atom stereocenters. The van der Waals surface area contributed by atoms with Crippen LogP contribution in [0, 0.1) is 11.8 Å². The summed E-state index contributed by atoms with van der Waals surface area (Å²) < 4.78 is 24.3. The summed E-state index contributed by atoms with van der Waals surface area (Å²) >= 11 is 5.95. The minimum Gasteiger partial charge on any atom is -0.403 e. The Kier molecular flexibility index (Phi) is 5.56. The molecule has 4 rings (SSSR count). The molecule has 160 valence electrons. The second kappa shape index (κ2) is 8.01. The molecule has 0 bridgehead atoms. The smallest absolute Gasteiger partial charge is 0.403 e. The summed E-state index contributed by atoms with van der Waals surface area (Å²) in [6.45, 7) is -0.305. The number of H-pyrrole nitrogens is 1. The van der Waals surface area contributed by atoms with Gasteiger partial charge in [0.15, 0.2) is 11.2 Å². The lowest BCUT2D eigenvalue weighted by Gasteiger charge is -2.44. The van der Waals surface area contributed by atoms with Crippen molar-refractivity contribution in [1.29, 1.82) is 0 Å². The summed E-state index contributed by atoms with van der Waals surface area (Å²) in [5, 5.41) is 9.79. The maximum atomic E-state index is 12.4. The number of hydrogen-bond acceptors (Lipinski definition) is 8. The second-order valence-corrected chi connectivity index (χ2v) is 8.76. The maximum Gasteiger partial charge on any atom is 0.527 e. The number of halogens is 1. The fraction of sp³-hybridized carbons (Fsp3) is 0.353. The van der Waals surface area contributed by atoms with Gasteiger partial charge < -0.3 is 19.9 Å². The number of rotatable bonds is 7. The Labute approximate surface area is 175 Å². The van der Waals surface area contributed by atoms with Crippen LogP contribution in [-0.4, -0.2) is 42.7 Å². The van der Waals surface area contributed by atoms with Gasteiger partial charge >= 0.3 is 7.82 Å². The number of imidazole rings is 1. The van der Waals surface area contributed by atoms with Gasteiger partial charge in [-0.3, -0.25) is 19.2 Å². The van der Waals surface area contributed by atoms with E-state index in [2.05, 4.69) is 15.0 Å². The van der Waals surface area contributed by atoms with Gasteiger partial charge in [-0.15, -0.1) is 0 Å². The molecule has 3 aromatic rings. The molecule has 4 atom stereocenters. The minimum absolute atomic E-state index is 0.0216. The van der Waals surface area contributed by atoms with Gasteiger partial charge in [-0.05, 0) is 24.5 Å². The maximum absolute atomic E-state index is 12.4. The van der Waals surface area contributed by atoms with Crippen LogP contribution < -0.4 is 15.8 Å². The third-order valence-electron chi connectivity index (χ3n) is 5.17. The Bertz CT molecular complexity index is 1180. The zero-order chi connectivity index (χ0) is 21.5. The molecule has 0 amide bonds. The van der Waals surface area contributed by atoms with Gasteiger partial charge in [-0.1, -0.05) is 23.7 Å². The number of fused-ring (bicyclic) bond motifs is 1. The molecular formula is C17H19ClN5O6P. The van der Waals surface area contributed by atoms with Gasteiger partial charge in [-0.25, -0.2) is 9.55 Å². The van der Waals surface area contributed by atoms with Gasteiger partial charge in [0, 0.05) is 18.6 Å². The zero-order valence-corrected chi connectivity index (χ0v) is 17.2. The van der Waals surface area contributed by atoms with Gasteiger partial charge in [-0.2, -0.15) is 4.98 Å². The highest BCUT2D eigenvalue weighted by Gasteiger charge is 2.44. The predicted molar refractivity (Wildman–Crippen MR) is 108 cm³/mol. The standard InChI is InChI=1S/C17H19ClN5O6P/c18-11-3-1-2-4-13(11)29-30(26,27)28-7-10-9(6-24)5-12(10)23-8-20-14-15(23)21-17(19)22-16(14)25/h1-4,8-10,12,24H,5-7H2,(H,26,27)(H3,19,21,22,25)/t9-,10-,12-/m1/s1. The Balaban J connectivity index is 1.52. The molecule has 0 saturated heterocycles. The number of anilines is 1. The summed E-state index contributed by atoms with van der Waals surface area (Å²) in [6.07, 6.45) is 2.00. The summed E-state index contributed by atoms with van der Waals surface area (Å²) in [5.41, 5.74) is 5.59. The molecule has 13 heteroatoms. The second-order valence-electron chi connectivity index (χ2n) is 6.97. The summed E-state index contributed by atoms with van der Waals surface area (Å²) in [5.74, 6) is -0.543. The highest BCUT2D eigenvalue weighted by molar-refractivity contribution is 7.47. The number of aromatic nitrogens is 4. The number of benzene rings is 1. The molecule has 2 aromatic heterocycles. The number of nitrogens with zero attached hydrogens (tertiary/aromatic N) is 3. The zero-order valence-electron chi connectivity index (χ0n) is 15.5. The first-order chi connectivity index (χ1) is 14.3. The van der Waals surface area contributed by atoms with Crippen molar-refractivity contribution < 1.29 is 23.6 Å². The fourth-order valence-electron chi connectivity index (χ4n) is 3.59. The van der Waals surface area contributed by atoms with Crippen LogP contribution >= 0.6 is 19.4 Å². The number of nitrogen functional groups attached to an aromatic ring is 1. The summed E-state index contributed by atoms with van der Waals surface area (Å²) in [6, 6.07) is 5.97. The van der Waals surface area contributed by atoms with Gasteiger partial charge in [0.1, 0.15) is 5.75 Å². The van der Waals surface area contributed by atoms with Crippen molar-refractivity contribution in [3.63, 3.8) is 0 Å². The van der Waals surface area contributed by atoms with E-state index in [4.69, 9.17) is 26.4 Å². The number of phosphoric acid groups is 1. The molecular weight excluding hydrogens is 437 g/mol. The van der Waals surface area contributed by atoms with Crippen LogP contribution in [0.25, 0.3) is 11.2 Å². The first-order valence-corrected chi connectivity index (χ1v) is 10.9. The highest BCUT2D eigenvalue weighted by atomic mass is 35.5. The van der Waals surface area contributed by atoms with Gasteiger partial charge in [0.25, 0.3) is 5.56 Å². The Morgan fingerprint density at radius 2 is 2.17 bits per heavy atom. The van der Waals surface area contributed by atoms with Crippen LogP contribution in [0.3, 0.4) is 0 Å². The number of aliphatic hydroxyl groups is 1. The first-order valence-electron chi connectivity index (χ1n) is 9.03. The van der Waals surface area contributed by atoms with E-state index < -0.39 is 13.4 Å². The van der Waals surface area contributed by atoms with Gasteiger partial charge in [0.05, 0.1) is 18.0 Å². The van der Waals surface area contributed by atoms with E-state index in [0.717, 1.165) is 0 Å². The van der Waals surface area contributed by atoms with E-state index in [1.807, 2.05) is 0 Å². The predicted octanol–water partition coefficient (Wildman–Crippen LogP) is 1.72. The molecule has 1 aromatic carbocycles. The van der Waals surface area contributed by atoms with Crippen molar-refractivity contribution in [1.82, 2.24) is 19.5 Å². The van der Waals surface area contributed by atoms with E-state index in [-0.39, 0.29) is 53.3 Å². The molecule has 1 fully saturated rings. The van der Waals surface area contributed by atoms with Crippen molar-refractivity contribution in [2.75, 3.05) is 18.9 Å². The average Bonchev–Trinajstić information content (AvgIpc) is 3.07. The van der Waals surface area contributed by atoms with Gasteiger partial charge in [0.2, 0.25) is 5.95 Å². The number of hydrogen-bond donors (Lipinski definition) is 4. The molecule has 30 heavy (non-hydrogen) atoms. The summed E-state index contributed by atoms with van der Waals surface area (Å²) in [7, 11) is -4.46. The van der Waals surface area contributed by atoms with E-state index in [0.29, 0.717) is 12.1 Å². The van der Waals surface area contributed by atoms with E-state index >= 15 is 0 Å². The number of nitrogens with two attached hydrogens (primary N) is 1. The van der Waals surface area contributed by atoms with E-state index in [1.54, 1.807) is 16.7 Å². The Morgan fingerprint density at radius 3 is 2.90 bits per heavy atom. The van der Waals surface area contributed by atoms with Crippen LogP contribution in [0.1, 0.15) is 12.5 Å². The van der Waals surface area contributed by atoms with E-state index in [1.165, 1.54) is 18.5 Å². The molecule has 11 nitrogen and oxygen atoms in total. The number of phosphoric ester groups is 1. The number of aromatic amines is 1. The quantitative estimate of drug-likeness (QED) is 0.388. The van der Waals surface area contributed by atoms with Crippen molar-refractivity contribution >= 4 is 36.5 Å². The molecule has 0 spiro atoms. The topological polar surface area (TPSA) is 166 Å². The molecule has 5 N–H and O–H groups in total. The van der Waals surface area contributed by atoms with Crippen LogP contribution in [0.2, 0.25) is 5.02 Å². The number of aliphatic hydroxyl groups excluding tert-OH is 1. The molecule has 1 saturated carbocycles. The monoisotopic (exact) mass is 455 g/mol. The lowest BCUT2D eigenvalue weighted by Crippen LogP contribution is -2.43. The molecule has 0 aliphatic heterocycles. The summed E-state index contributed by atoms with van der Waals surface area (Å²) in [4.78, 5) is 32.7. The Morgan fingerprint density at radius 1 is 1.40 bits per heavy atom. The molecule has 1 aliphatic rings. The molecule has 2 heterocycles. The largest absolute Gasteiger partial charge is 0.527 e. The molecule has 0 radical (unpaired) electrons. The van der Waals surface area contributed by atoms with E-state index in [9.17, 15) is 19.4 Å². The third kappa shape index (κ3) is 3.94. The SMILES string of the molecule is Nc1nc2c(ncn2[C@@H]2C[C@H](CO)[C@H]2COP(=O)(O)Oc2ccccc2Cl)c(=O)[nH]1. The number of nitrogens with one attached hydrogen (secondary N) is 1. The average molecular weight is 456 g/mol. The normalized spacial score (nSPS) is 23.1. The Hall–Kier alpha value is -2.43. The van der Waals surface area contributed by atoms with Crippen molar-refractivity contribution in [2.45, 2.75) is 12.5 Å². The third-order valence-corrected chi connectivity index (χ3v) is 6.38. The highest BCUT2D eigenvalue weighted by Crippen LogP contribution is 2.50. The number of para-hydroxylation sites is 1. The lowest BCUT2D eigenvalue weighted by atomic mass is 9.70. The van der Waals surface area contributed by atoms with Crippen LogP contribution in [0.4, 0.5) is 5.95 Å². The van der Waals surface area contributed by atoms with Crippen molar-refractivity contribution in [3.05, 3.63) is 46.0 Å². The first kappa shape index (κ1) is 20.8. The fourth-order valence-corrected chi connectivity index (χ4v) is 4.64. The minimum atomic E-state index is -4.46.